The van der Waals surface area contributed by atoms with Gasteiger partial charge in [0.15, 0.2) is 0 Å². The average molecular weight is 306 g/mol. The average Bonchev–Trinajstić information content (AvgIpc) is 2.32. The number of carbonyl (C=O) groups is 4. The Hall–Kier alpha value is -2.20. The lowest BCUT2D eigenvalue weighted by Crippen LogP contribution is -2.60. The summed E-state index contributed by atoms with van der Waals surface area (Å²) in [5.41, 5.74) is 9.02. The minimum atomic E-state index is -2.09. The van der Waals surface area contributed by atoms with Crippen molar-refractivity contribution in [3.63, 3.8) is 0 Å². The minimum Gasteiger partial charge on any atom is -0.481 e. The summed E-state index contributed by atoms with van der Waals surface area (Å²) in [6.45, 7) is -0.219. The van der Waals surface area contributed by atoms with Crippen molar-refractivity contribution in [2.75, 3.05) is 6.54 Å². The molecule has 0 aromatic rings. The van der Waals surface area contributed by atoms with Gasteiger partial charge in [0.2, 0.25) is 0 Å². The molecular formula is C11H18N2O8. The van der Waals surface area contributed by atoms with Crippen LogP contribution in [-0.2, 0) is 19.2 Å². The van der Waals surface area contributed by atoms with E-state index in [0.29, 0.717) is 0 Å². The van der Waals surface area contributed by atoms with Crippen molar-refractivity contribution in [3.05, 3.63) is 0 Å². The quantitative estimate of drug-likeness (QED) is 0.272. The van der Waals surface area contributed by atoms with Gasteiger partial charge in [-0.25, -0.2) is 0 Å². The van der Waals surface area contributed by atoms with Gasteiger partial charge in [-0.3, -0.25) is 19.2 Å². The molecule has 0 aliphatic rings. The number of carboxylic acid groups (broad SMARTS) is 4. The Morgan fingerprint density at radius 1 is 0.857 bits per heavy atom. The zero-order valence-electron chi connectivity index (χ0n) is 11.1. The molecule has 0 fully saturated rings. The van der Waals surface area contributed by atoms with E-state index in [0.717, 1.165) is 0 Å². The van der Waals surface area contributed by atoms with Crippen LogP contribution < -0.4 is 11.5 Å². The summed E-state index contributed by atoms with van der Waals surface area (Å²) in [6, 6.07) is 0. The van der Waals surface area contributed by atoms with Crippen LogP contribution in [0.3, 0.4) is 0 Å². The van der Waals surface area contributed by atoms with Gasteiger partial charge in [-0.1, -0.05) is 0 Å². The van der Waals surface area contributed by atoms with Gasteiger partial charge in [0.25, 0.3) is 0 Å². The predicted molar refractivity (Wildman–Crippen MR) is 67.3 cm³/mol. The molecule has 10 heteroatoms. The molecule has 120 valence electrons. The second-order valence-electron chi connectivity index (χ2n) is 4.63. The first-order valence-corrected chi connectivity index (χ1v) is 5.94. The molecule has 10 nitrogen and oxygen atoms in total. The molecule has 0 aromatic heterocycles. The van der Waals surface area contributed by atoms with E-state index in [9.17, 15) is 19.2 Å². The van der Waals surface area contributed by atoms with Crippen LogP contribution in [-0.4, -0.2) is 56.4 Å². The highest BCUT2D eigenvalue weighted by Crippen LogP contribution is 2.32. The largest absolute Gasteiger partial charge is 0.481 e. The minimum absolute atomic E-state index is 0.219. The topological polar surface area (TPSA) is 201 Å². The standard InChI is InChI=1S/C11H18N2O8/c12-2-1-11(13,5(9(18)19)3-7(14)15)6(10(20)21)4-8(16)17/h5-6H,1-4,12-13H2,(H,14,15)(H,16,17)(H,18,19)(H,20,21). The Balaban J connectivity index is 5.80. The van der Waals surface area contributed by atoms with E-state index in [2.05, 4.69) is 0 Å². The molecule has 0 heterocycles. The molecule has 0 aliphatic heterocycles. The Morgan fingerprint density at radius 3 is 1.38 bits per heavy atom. The molecule has 8 N–H and O–H groups in total. The van der Waals surface area contributed by atoms with Crippen molar-refractivity contribution < 1.29 is 39.6 Å². The van der Waals surface area contributed by atoms with E-state index in [-0.39, 0.29) is 13.0 Å². The van der Waals surface area contributed by atoms with Crippen LogP contribution in [0.15, 0.2) is 0 Å². The monoisotopic (exact) mass is 306 g/mol. The molecule has 2 atom stereocenters. The lowest BCUT2D eigenvalue weighted by atomic mass is 9.69. The van der Waals surface area contributed by atoms with Crippen molar-refractivity contribution in [1.29, 1.82) is 0 Å². The van der Waals surface area contributed by atoms with E-state index in [4.69, 9.17) is 31.9 Å². The van der Waals surface area contributed by atoms with E-state index in [1.165, 1.54) is 0 Å². The third-order valence-corrected chi connectivity index (χ3v) is 3.23. The molecule has 21 heavy (non-hydrogen) atoms. The summed E-state index contributed by atoms with van der Waals surface area (Å²) in [5, 5.41) is 35.8. The van der Waals surface area contributed by atoms with Crippen LogP contribution >= 0.6 is 0 Å². The van der Waals surface area contributed by atoms with Gasteiger partial charge in [0, 0.05) is 5.54 Å². The van der Waals surface area contributed by atoms with E-state index in [1.807, 2.05) is 0 Å². The van der Waals surface area contributed by atoms with Gasteiger partial charge < -0.3 is 31.9 Å². The lowest BCUT2D eigenvalue weighted by molar-refractivity contribution is -0.159. The van der Waals surface area contributed by atoms with Gasteiger partial charge in [0.05, 0.1) is 24.7 Å². The van der Waals surface area contributed by atoms with Gasteiger partial charge in [-0.15, -0.1) is 0 Å². The van der Waals surface area contributed by atoms with Crippen molar-refractivity contribution in [1.82, 2.24) is 0 Å². The second-order valence-corrected chi connectivity index (χ2v) is 4.63. The molecule has 0 radical (unpaired) electrons. The Kier molecular flexibility index (Phi) is 6.76. The molecule has 0 saturated carbocycles. The van der Waals surface area contributed by atoms with Crippen LogP contribution in [0, 0.1) is 11.8 Å². The number of rotatable bonds is 10. The van der Waals surface area contributed by atoms with Gasteiger partial charge in [-0.05, 0) is 13.0 Å². The van der Waals surface area contributed by atoms with Crippen molar-refractivity contribution in [3.8, 4) is 0 Å². The molecule has 0 rings (SSSR count). The maximum atomic E-state index is 11.2. The van der Waals surface area contributed by atoms with Crippen molar-refractivity contribution >= 4 is 23.9 Å². The highest BCUT2D eigenvalue weighted by atomic mass is 16.4. The summed E-state index contributed by atoms with van der Waals surface area (Å²) in [5.74, 6) is -9.78. The summed E-state index contributed by atoms with van der Waals surface area (Å²) in [7, 11) is 0. The van der Waals surface area contributed by atoms with Gasteiger partial charge >= 0.3 is 23.9 Å². The third-order valence-electron chi connectivity index (χ3n) is 3.23. The number of hydrogen-bond donors (Lipinski definition) is 6. The number of nitrogens with two attached hydrogens (primary N) is 2. The smallest absolute Gasteiger partial charge is 0.308 e. The van der Waals surface area contributed by atoms with E-state index < -0.39 is 54.1 Å². The highest BCUT2D eigenvalue weighted by Gasteiger charge is 2.50. The van der Waals surface area contributed by atoms with Crippen molar-refractivity contribution in [2.24, 2.45) is 23.3 Å². The van der Waals surface area contributed by atoms with Gasteiger partial charge in [-0.2, -0.15) is 0 Å². The second kappa shape index (κ2) is 7.55. The first-order valence-electron chi connectivity index (χ1n) is 5.94. The van der Waals surface area contributed by atoms with E-state index in [1.54, 1.807) is 0 Å². The first kappa shape index (κ1) is 18.8. The molecule has 2 unspecified atom stereocenters. The summed E-state index contributed by atoms with van der Waals surface area (Å²) < 4.78 is 0. The SMILES string of the molecule is NCCC(N)(C(CC(=O)O)C(=O)O)C(CC(=O)O)C(=O)O. The van der Waals surface area contributed by atoms with Gasteiger partial charge in [0.1, 0.15) is 0 Å². The molecular weight excluding hydrogens is 288 g/mol. The molecule has 0 aliphatic carbocycles. The normalized spacial score (nSPS) is 16.5. The number of hydrogen-bond acceptors (Lipinski definition) is 6. The maximum Gasteiger partial charge on any atom is 0.308 e. The Labute approximate surface area is 119 Å². The molecule has 0 bridgehead atoms. The number of aliphatic carboxylic acids is 4. The van der Waals surface area contributed by atoms with E-state index >= 15 is 0 Å². The maximum absolute atomic E-state index is 11.2. The third kappa shape index (κ3) is 5.00. The lowest BCUT2D eigenvalue weighted by Gasteiger charge is -2.38. The molecule has 0 amide bonds. The van der Waals surface area contributed by atoms with Crippen LogP contribution in [0.4, 0.5) is 0 Å². The van der Waals surface area contributed by atoms with Crippen LogP contribution in [0.5, 0.6) is 0 Å². The Bertz CT molecular complexity index is 402. The summed E-state index contributed by atoms with van der Waals surface area (Å²) in [6.07, 6.45) is -2.22. The fourth-order valence-electron chi connectivity index (χ4n) is 2.20. The molecule has 0 aromatic carbocycles. The number of carboxylic acids is 4. The zero-order valence-corrected chi connectivity index (χ0v) is 11.1. The fourth-order valence-corrected chi connectivity index (χ4v) is 2.20. The predicted octanol–water partition coefficient (Wildman–Crippen LogP) is -1.62. The molecule has 0 spiro atoms. The fraction of sp³-hybridized carbons (Fsp3) is 0.636. The Morgan fingerprint density at radius 2 is 1.19 bits per heavy atom. The highest BCUT2D eigenvalue weighted by molar-refractivity contribution is 5.83. The van der Waals surface area contributed by atoms with Crippen molar-refractivity contribution in [2.45, 2.75) is 24.8 Å². The zero-order chi connectivity index (χ0) is 16.8. The first-order chi connectivity index (χ1) is 9.56. The van der Waals surface area contributed by atoms with Crippen LogP contribution in [0.1, 0.15) is 19.3 Å². The van der Waals surface area contributed by atoms with Crippen LogP contribution in [0.25, 0.3) is 0 Å². The summed E-state index contributed by atoms with van der Waals surface area (Å²) in [4.78, 5) is 44.0. The van der Waals surface area contributed by atoms with Crippen LogP contribution in [0.2, 0.25) is 0 Å². The molecule has 0 saturated heterocycles. The summed E-state index contributed by atoms with van der Waals surface area (Å²) >= 11 is 0.